The van der Waals surface area contributed by atoms with E-state index in [9.17, 15) is 4.79 Å². The van der Waals surface area contributed by atoms with Gasteiger partial charge in [-0.3, -0.25) is 0 Å². The summed E-state index contributed by atoms with van der Waals surface area (Å²) in [5.74, 6) is 1.56. The van der Waals surface area contributed by atoms with Crippen molar-refractivity contribution in [3.05, 3.63) is 59.3 Å². The largest absolute Gasteiger partial charge is 0.497 e. The molecule has 6 heteroatoms. The highest BCUT2D eigenvalue weighted by Gasteiger charge is 2.25. The molecule has 2 aromatic rings. The number of hydrogen-bond donors (Lipinski definition) is 0. The highest BCUT2D eigenvalue weighted by Crippen LogP contribution is 2.33. The van der Waals surface area contributed by atoms with Crippen molar-refractivity contribution in [2.75, 3.05) is 20.8 Å². The molecule has 0 atom stereocenters. The van der Waals surface area contributed by atoms with Crippen molar-refractivity contribution in [3.63, 3.8) is 0 Å². The predicted octanol–water partition coefficient (Wildman–Crippen LogP) is 3.84. The number of carbonyl (C=O) groups excluding carboxylic acids is 1. The van der Waals surface area contributed by atoms with Gasteiger partial charge in [0.15, 0.2) is 17.2 Å². The van der Waals surface area contributed by atoms with Crippen LogP contribution in [0.2, 0.25) is 0 Å². The summed E-state index contributed by atoms with van der Waals surface area (Å²) in [4.78, 5) is 16.6. The molecule has 27 heavy (non-hydrogen) atoms. The number of rotatable bonds is 7. The van der Waals surface area contributed by atoms with Gasteiger partial charge in [-0.25, -0.2) is 9.79 Å². The van der Waals surface area contributed by atoms with Gasteiger partial charge in [0.1, 0.15) is 5.75 Å². The fourth-order valence-electron chi connectivity index (χ4n) is 2.60. The molecule has 0 saturated heterocycles. The van der Waals surface area contributed by atoms with Crippen LogP contribution in [-0.2, 0) is 9.53 Å². The molecule has 0 aromatic heterocycles. The lowest BCUT2D eigenvalue weighted by molar-refractivity contribution is -0.129. The molecule has 1 heterocycles. The molecule has 0 N–H and O–H groups in total. The van der Waals surface area contributed by atoms with E-state index in [1.165, 1.54) is 0 Å². The Bertz CT molecular complexity index is 901. The Balaban J connectivity index is 1.97. The Morgan fingerprint density at radius 1 is 1.11 bits per heavy atom. The molecule has 0 unspecified atom stereocenters. The molecule has 0 fully saturated rings. The van der Waals surface area contributed by atoms with Gasteiger partial charge < -0.3 is 18.9 Å². The first-order valence-corrected chi connectivity index (χ1v) is 8.63. The Hall–Kier alpha value is -3.28. The van der Waals surface area contributed by atoms with E-state index < -0.39 is 5.97 Å². The standard InChI is InChI=1S/C21H21NO5/c1-4-11-26-19-14(7-6-10-18(19)25-3)13-17-21(23)27-20(22-17)15-8-5-9-16(12-15)24-2/h5-10,12-13H,4,11H2,1-3H3. The van der Waals surface area contributed by atoms with E-state index in [2.05, 4.69) is 4.99 Å². The number of aliphatic imine (C=N–C) groups is 1. The number of cyclic esters (lactones) is 1. The van der Waals surface area contributed by atoms with E-state index >= 15 is 0 Å². The van der Waals surface area contributed by atoms with Gasteiger partial charge in [0, 0.05) is 11.1 Å². The number of para-hydroxylation sites is 1. The Morgan fingerprint density at radius 2 is 1.93 bits per heavy atom. The summed E-state index contributed by atoms with van der Waals surface area (Å²) in [5, 5.41) is 0. The molecular weight excluding hydrogens is 346 g/mol. The molecule has 140 valence electrons. The lowest BCUT2D eigenvalue weighted by Crippen LogP contribution is -2.05. The zero-order valence-corrected chi connectivity index (χ0v) is 15.5. The van der Waals surface area contributed by atoms with Gasteiger partial charge in [-0.15, -0.1) is 0 Å². The fourth-order valence-corrected chi connectivity index (χ4v) is 2.60. The third-order valence-corrected chi connectivity index (χ3v) is 3.91. The van der Waals surface area contributed by atoms with E-state index in [0.717, 1.165) is 6.42 Å². The van der Waals surface area contributed by atoms with Crippen molar-refractivity contribution in [1.29, 1.82) is 0 Å². The van der Waals surface area contributed by atoms with Crippen LogP contribution in [0.15, 0.2) is 53.2 Å². The number of benzene rings is 2. The molecule has 0 bridgehead atoms. The van der Waals surface area contributed by atoms with Crippen molar-refractivity contribution in [3.8, 4) is 17.2 Å². The molecule has 0 aliphatic carbocycles. The molecule has 0 amide bonds. The summed E-state index contributed by atoms with van der Waals surface area (Å²) >= 11 is 0. The summed E-state index contributed by atoms with van der Waals surface area (Å²) in [6.45, 7) is 2.56. The number of ether oxygens (including phenoxy) is 4. The van der Waals surface area contributed by atoms with Crippen LogP contribution >= 0.6 is 0 Å². The molecular formula is C21H21NO5. The molecule has 3 rings (SSSR count). The molecule has 2 aromatic carbocycles. The van der Waals surface area contributed by atoms with Crippen molar-refractivity contribution in [2.24, 2.45) is 4.99 Å². The van der Waals surface area contributed by atoms with Crippen molar-refractivity contribution in [1.82, 2.24) is 0 Å². The maximum Gasteiger partial charge on any atom is 0.363 e. The van der Waals surface area contributed by atoms with E-state index in [4.69, 9.17) is 18.9 Å². The molecule has 1 aliphatic rings. The zero-order chi connectivity index (χ0) is 19.2. The van der Waals surface area contributed by atoms with E-state index in [1.54, 1.807) is 32.4 Å². The summed E-state index contributed by atoms with van der Waals surface area (Å²) in [6.07, 6.45) is 2.50. The average Bonchev–Trinajstić information content (AvgIpc) is 3.07. The average molecular weight is 367 g/mol. The summed E-state index contributed by atoms with van der Waals surface area (Å²) in [7, 11) is 3.15. The molecule has 0 saturated carbocycles. The number of esters is 1. The summed E-state index contributed by atoms with van der Waals surface area (Å²) in [5.41, 5.74) is 1.56. The highest BCUT2D eigenvalue weighted by molar-refractivity contribution is 6.13. The van der Waals surface area contributed by atoms with E-state index in [-0.39, 0.29) is 11.6 Å². The number of methoxy groups -OCH3 is 2. The van der Waals surface area contributed by atoms with Crippen LogP contribution in [0.25, 0.3) is 6.08 Å². The van der Waals surface area contributed by atoms with Crippen LogP contribution in [0.5, 0.6) is 17.2 Å². The minimum Gasteiger partial charge on any atom is -0.497 e. The van der Waals surface area contributed by atoms with Crippen LogP contribution in [0, 0.1) is 0 Å². The maximum atomic E-state index is 12.3. The summed E-state index contributed by atoms with van der Waals surface area (Å²) < 4.78 is 21.7. The summed E-state index contributed by atoms with van der Waals surface area (Å²) in [6, 6.07) is 12.7. The first kappa shape index (κ1) is 18.5. The van der Waals surface area contributed by atoms with Crippen molar-refractivity contribution in [2.45, 2.75) is 13.3 Å². The van der Waals surface area contributed by atoms with Gasteiger partial charge in [0.05, 0.1) is 20.8 Å². The molecule has 0 spiro atoms. The van der Waals surface area contributed by atoms with Gasteiger partial charge in [-0.2, -0.15) is 0 Å². The first-order valence-electron chi connectivity index (χ1n) is 8.63. The van der Waals surface area contributed by atoms with Crippen LogP contribution in [0.4, 0.5) is 0 Å². The zero-order valence-electron chi connectivity index (χ0n) is 15.5. The molecule has 1 aliphatic heterocycles. The van der Waals surface area contributed by atoms with Gasteiger partial charge in [-0.05, 0) is 36.8 Å². The predicted molar refractivity (Wildman–Crippen MR) is 102 cm³/mol. The lowest BCUT2D eigenvalue weighted by Gasteiger charge is -2.12. The third-order valence-electron chi connectivity index (χ3n) is 3.91. The topological polar surface area (TPSA) is 66.3 Å². The quantitative estimate of drug-likeness (QED) is 0.549. The van der Waals surface area contributed by atoms with Crippen LogP contribution < -0.4 is 14.2 Å². The van der Waals surface area contributed by atoms with Gasteiger partial charge in [-0.1, -0.05) is 25.1 Å². The highest BCUT2D eigenvalue weighted by atomic mass is 16.6. The molecule has 0 radical (unpaired) electrons. The second kappa shape index (κ2) is 8.40. The second-order valence-corrected chi connectivity index (χ2v) is 5.80. The number of nitrogens with zero attached hydrogens (tertiary/aromatic N) is 1. The van der Waals surface area contributed by atoms with Crippen LogP contribution in [0.1, 0.15) is 24.5 Å². The fraction of sp³-hybridized carbons (Fsp3) is 0.238. The van der Waals surface area contributed by atoms with Gasteiger partial charge in [0.2, 0.25) is 5.90 Å². The van der Waals surface area contributed by atoms with Gasteiger partial charge >= 0.3 is 5.97 Å². The number of hydrogen-bond acceptors (Lipinski definition) is 6. The minimum absolute atomic E-state index is 0.197. The lowest BCUT2D eigenvalue weighted by atomic mass is 10.1. The van der Waals surface area contributed by atoms with Crippen molar-refractivity contribution >= 4 is 17.9 Å². The van der Waals surface area contributed by atoms with E-state index in [1.807, 2.05) is 37.3 Å². The smallest absolute Gasteiger partial charge is 0.363 e. The Kier molecular flexibility index (Phi) is 5.76. The van der Waals surface area contributed by atoms with E-state index in [0.29, 0.717) is 35.0 Å². The normalized spacial score (nSPS) is 14.7. The monoisotopic (exact) mass is 367 g/mol. The maximum absolute atomic E-state index is 12.3. The molecule has 6 nitrogen and oxygen atoms in total. The Labute approximate surface area is 158 Å². The second-order valence-electron chi connectivity index (χ2n) is 5.80. The van der Waals surface area contributed by atoms with Crippen LogP contribution in [0.3, 0.4) is 0 Å². The third kappa shape index (κ3) is 4.11. The van der Waals surface area contributed by atoms with Gasteiger partial charge in [0.25, 0.3) is 0 Å². The first-order chi connectivity index (χ1) is 13.2. The SMILES string of the molecule is CCCOc1c(C=C2N=C(c3cccc(OC)c3)OC2=O)cccc1OC. The van der Waals surface area contributed by atoms with Crippen molar-refractivity contribution < 1.29 is 23.7 Å². The number of carbonyl (C=O) groups is 1. The Morgan fingerprint density at radius 3 is 2.67 bits per heavy atom. The minimum atomic E-state index is -0.517. The van der Waals surface area contributed by atoms with Crippen LogP contribution in [-0.4, -0.2) is 32.7 Å².